The number of aromatic nitrogens is 1. The van der Waals surface area contributed by atoms with Crippen LogP contribution in [-0.2, 0) is 17.8 Å². The van der Waals surface area contributed by atoms with Crippen LogP contribution >= 0.6 is 0 Å². The molecule has 28 heavy (non-hydrogen) atoms. The molecule has 8 heteroatoms. The van der Waals surface area contributed by atoms with E-state index in [-0.39, 0.29) is 12.2 Å². The van der Waals surface area contributed by atoms with Crippen LogP contribution in [0.4, 0.5) is 13.2 Å². The Labute approximate surface area is 158 Å². The lowest BCUT2D eigenvalue weighted by Gasteiger charge is -2.11. The summed E-state index contributed by atoms with van der Waals surface area (Å²) in [5.74, 6) is -0.544. The van der Waals surface area contributed by atoms with Gasteiger partial charge < -0.3 is 19.1 Å². The van der Waals surface area contributed by atoms with Crippen LogP contribution in [0.25, 0.3) is 10.9 Å². The summed E-state index contributed by atoms with van der Waals surface area (Å²) < 4.78 is 48.4. The molecule has 0 fully saturated rings. The first kappa shape index (κ1) is 19.6. The number of carbonyl (C=O) groups is 1. The molecule has 3 aromatic rings. The van der Waals surface area contributed by atoms with E-state index in [4.69, 9.17) is 9.84 Å². The molecule has 1 heterocycles. The van der Waals surface area contributed by atoms with Crippen LogP contribution in [0.5, 0.6) is 11.5 Å². The summed E-state index contributed by atoms with van der Waals surface area (Å²) in [5, 5.41) is 9.83. The van der Waals surface area contributed by atoms with Gasteiger partial charge in [-0.2, -0.15) is 0 Å². The number of nitrogens with zero attached hydrogens (tertiary/aromatic N) is 1. The first-order valence-electron chi connectivity index (χ1n) is 8.47. The number of rotatable bonds is 7. The summed E-state index contributed by atoms with van der Waals surface area (Å²) in [7, 11) is 1.54. The second-order valence-electron chi connectivity index (χ2n) is 6.25. The predicted octanol–water partition coefficient (Wildman–Crippen LogP) is 4.61. The Morgan fingerprint density at radius 2 is 1.93 bits per heavy atom. The highest BCUT2D eigenvalue weighted by Gasteiger charge is 2.31. The molecule has 0 saturated carbocycles. The van der Waals surface area contributed by atoms with E-state index in [1.807, 2.05) is 22.9 Å². The van der Waals surface area contributed by atoms with Crippen LogP contribution in [-0.4, -0.2) is 29.1 Å². The maximum Gasteiger partial charge on any atom is 0.573 e. The molecule has 1 aromatic heterocycles. The number of aryl methyl sites for hydroxylation is 1. The van der Waals surface area contributed by atoms with Gasteiger partial charge in [0, 0.05) is 30.1 Å². The highest BCUT2D eigenvalue weighted by atomic mass is 19.4. The highest BCUT2D eigenvalue weighted by molar-refractivity contribution is 5.86. The Hall–Kier alpha value is -3.16. The largest absolute Gasteiger partial charge is 0.573 e. The van der Waals surface area contributed by atoms with E-state index in [1.165, 1.54) is 18.2 Å². The monoisotopic (exact) mass is 393 g/mol. The number of ether oxygens (including phenoxy) is 2. The van der Waals surface area contributed by atoms with E-state index >= 15 is 0 Å². The summed E-state index contributed by atoms with van der Waals surface area (Å²) in [6.07, 6.45) is -2.61. The fraction of sp³-hybridized carbons (Fsp3) is 0.250. The van der Waals surface area contributed by atoms with Crippen molar-refractivity contribution < 1.29 is 32.5 Å². The molecule has 0 spiro atoms. The summed E-state index contributed by atoms with van der Waals surface area (Å²) in [6, 6.07) is 11.2. The highest BCUT2D eigenvalue weighted by Crippen LogP contribution is 2.29. The zero-order valence-electron chi connectivity index (χ0n) is 15.0. The van der Waals surface area contributed by atoms with Gasteiger partial charge in [-0.25, -0.2) is 0 Å². The first-order chi connectivity index (χ1) is 13.2. The lowest BCUT2D eigenvalue weighted by Crippen LogP contribution is -2.17. The van der Waals surface area contributed by atoms with Gasteiger partial charge in [-0.1, -0.05) is 12.1 Å². The first-order valence-corrected chi connectivity index (χ1v) is 8.47. The van der Waals surface area contributed by atoms with Crippen molar-refractivity contribution in [2.45, 2.75) is 25.7 Å². The van der Waals surface area contributed by atoms with E-state index in [9.17, 15) is 18.0 Å². The molecular weight excluding hydrogens is 375 g/mol. The van der Waals surface area contributed by atoms with Crippen LogP contribution in [0.3, 0.4) is 0 Å². The summed E-state index contributed by atoms with van der Waals surface area (Å²) in [6.45, 7) is 0.310. The SMILES string of the molecule is COc1ccc2c(c1)c(CCC(=O)O)cn2Cc1cccc(OC(F)(F)F)c1. The number of aliphatic carboxylic acids is 1. The Morgan fingerprint density at radius 1 is 1.14 bits per heavy atom. The molecule has 0 unspecified atom stereocenters. The molecule has 2 aromatic carbocycles. The minimum Gasteiger partial charge on any atom is -0.497 e. The van der Waals surface area contributed by atoms with Crippen LogP contribution in [0.15, 0.2) is 48.7 Å². The number of hydrogen-bond acceptors (Lipinski definition) is 3. The third kappa shape index (κ3) is 4.76. The summed E-state index contributed by atoms with van der Waals surface area (Å²) in [4.78, 5) is 10.9. The van der Waals surface area contributed by atoms with Gasteiger partial charge >= 0.3 is 12.3 Å². The van der Waals surface area contributed by atoms with Crippen molar-refractivity contribution in [3.8, 4) is 11.5 Å². The number of carboxylic acid groups (broad SMARTS) is 1. The molecule has 1 N–H and O–H groups in total. The fourth-order valence-corrected chi connectivity index (χ4v) is 3.09. The van der Waals surface area contributed by atoms with Gasteiger partial charge in [0.15, 0.2) is 0 Å². The van der Waals surface area contributed by atoms with Crippen molar-refractivity contribution in [1.29, 1.82) is 0 Å². The molecule has 0 aliphatic carbocycles. The van der Waals surface area contributed by atoms with Crippen LogP contribution < -0.4 is 9.47 Å². The molecular formula is C20H18F3NO4. The zero-order chi connectivity index (χ0) is 20.3. The molecule has 0 aliphatic heterocycles. The van der Waals surface area contributed by atoms with Crippen molar-refractivity contribution in [1.82, 2.24) is 4.57 Å². The molecule has 148 valence electrons. The molecule has 0 atom stereocenters. The van der Waals surface area contributed by atoms with Gasteiger partial charge in [0.1, 0.15) is 11.5 Å². The zero-order valence-corrected chi connectivity index (χ0v) is 15.0. The second kappa shape index (κ2) is 7.84. The number of hydrogen-bond donors (Lipinski definition) is 1. The number of methoxy groups -OCH3 is 1. The van der Waals surface area contributed by atoms with Crippen molar-refractivity contribution in [3.63, 3.8) is 0 Å². The number of carboxylic acids is 1. The molecule has 0 aliphatic rings. The topological polar surface area (TPSA) is 60.7 Å². The van der Waals surface area contributed by atoms with Gasteiger partial charge in [-0.05, 0) is 47.9 Å². The van der Waals surface area contributed by atoms with Gasteiger partial charge in [0.2, 0.25) is 0 Å². The molecule has 0 bridgehead atoms. The number of fused-ring (bicyclic) bond motifs is 1. The maximum atomic E-state index is 12.4. The van der Waals surface area contributed by atoms with Crippen molar-refractivity contribution in [2.75, 3.05) is 7.11 Å². The van der Waals surface area contributed by atoms with Gasteiger partial charge in [0.25, 0.3) is 0 Å². The van der Waals surface area contributed by atoms with Crippen LogP contribution in [0.1, 0.15) is 17.5 Å². The standard InChI is InChI=1S/C20H18F3NO4/c1-27-15-6-7-18-17(10-15)14(5-8-19(25)26)12-24(18)11-13-3-2-4-16(9-13)28-20(21,22)23/h2-4,6-7,9-10,12H,5,8,11H2,1H3,(H,25,26). The van der Waals surface area contributed by atoms with Crippen molar-refractivity contribution in [3.05, 3.63) is 59.8 Å². The summed E-state index contributed by atoms with van der Waals surface area (Å²) in [5.41, 5.74) is 2.29. The van der Waals surface area contributed by atoms with E-state index in [1.54, 1.807) is 19.2 Å². The Morgan fingerprint density at radius 3 is 2.61 bits per heavy atom. The minimum atomic E-state index is -4.75. The van der Waals surface area contributed by atoms with Crippen LogP contribution in [0.2, 0.25) is 0 Å². The van der Waals surface area contributed by atoms with Gasteiger partial charge in [-0.15, -0.1) is 13.2 Å². The Balaban J connectivity index is 1.94. The normalized spacial score (nSPS) is 11.6. The number of halogens is 3. The number of alkyl halides is 3. The van der Waals surface area contributed by atoms with Crippen molar-refractivity contribution in [2.24, 2.45) is 0 Å². The smallest absolute Gasteiger partial charge is 0.497 e. The third-order valence-electron chi connectivity index (χ3n) is 4.26. The lowest BCUT2D eigenvalue weighted by atomic mass is 10.1. The van der Waals surface area contributed by atoms with E-state index < -0.39 is 12.3 Å². The maximum absolute atomic E-state index is 12.4. The molecule has 5 nitrogen and oxygen atoms in total. The molecule has 0 radical (unpaired) electrons. The Kier molecular flexibility index (Phi) is 5.48. The predicted molar refractivity (Wildman–Crippen MR) is 96.7 cm³/mol. The molecule has 0 saturated heterocycles. The molecule has 3 rings (SSSR count). The van der Waals surface area contributed by atoms with Gasteiger partial charge in [-0.3, -0.25) is 4.79 Å². The molecule has 0 amide bonds. The van der Waals surface area contributed by atoms with Crippen molar-refractivity contribution >= 4 is 16.9 Å². The Bertz CT molecular complexity index is 995. The minimum absolute atomic E-state index is 0.0226. The van der Waals surface area contributed by atoms with E-state index in [0.29, 0.717) is 24.3 Å². The third-order valence-corrected chi connectivity index (χ3v) is 4.26. The van der Waals surface area contributed by atoms with Crippen LogP contribution in [0, 0.1) is 0 Å². The van der Waals surface area contributed by atoms with Gasteiger partial charge in [0.05, 0.1) is 7.11 Å². The van der Waals surface area contributed by atoms with E-state index in [2.05, 4.69) is 4.74 Å². The lowest BCUT2D eigenvalue weighted by molar-refractivity contribution is -0.274. The average molecular weight is 393 g/mol. The average Bonchev–Trinajstić information content (AvgIpc) is 2.95. The second-order valence-corrected chi connectivity index (χ2v) is 6.25. The fourth-order valence-electron chi connectivity index (χ4n) is 3.09. The summed E-state index contributed by atoms with van der Waals surface area (Å²) >= 11 is 0. The quantitative estimate of drug-likeness (QED) is 0.637. The van der Waals surface area contributed by atoms with E-state index in [0.717, 1.165) is 16.5 Å². The number of benzene rings is 2.